The summed E-state index contributed by atoms with van der Waals surface area (Å²) in [6.45, 7) is 8.81. The molecule has 2 bridgehead atoms. The number of fused-ring (bicyclic) bond motifs is 4. The first-order valence-corrected chi connectivity index (χ1v) is 12.7. The summed E-state index contributed by atoms with van der Waals surface area (Å²) in [6, 6.07) is 1.53. The van der Waals surface area contributed by atoms with Gasteiger partial charge in [-0.25, -0.2) is 13.8 Å². The van der Waals surface area contributed by atoms with Gasteiger partial charge in [0.2, 0.25) is 0 Å². The second kappa shape index (κ2) is 10.5. The Hall–Kier alpha value is -3.40. The summed E-state index contributed by atoms with van der Waals surface area (Å²) in [5.41, 5.74) is 2.62. The maximum Gasteiger partial charge on any atom is 0.318 e. The highest BCUT2D eigenvalue weighted by molar-refractivity contribution is 5.79. The van der Waals surface area contributed by atoms with E-state index in [1.165, 1.54) is 25.4 Å². The minimum atomic E-state index is -0.489. The highest BCUT2D eigenvalue weighted by Crippen LogP contribution is 2.32. The summed E-state index contributed by atoms with van der Waals surface area (Å²) in [6.07, 6.45) is 6.95. The number of aryl methyl sites for hydroxylation is 1. The van der Waals surface area contributed by atoms with Gasteiger partial charge < -0.3 is 14.0 Å². The first-order valence-electron chi connectivity index (χ1n) is 12.7. The van der Waals surface area contributed by atoms with E-state index in [0.717, 1.165) is 38.7 Å². The minimum Gasteiger partial charge on any atom is -0.493 e. The van der Waals surface area contributed by atoms with Crippen LogP contribution in [0.4, 0.5) is 8.78 Å². The van der Waals surface area contributed by atoms with Crippen molar-refractivity contribution in [1.82, 2.24) is 29.4 Å². The Morgan fingerprint density at radius 3 is 2.62 bits per heavy atom. The Balaban J connectivity index is 1.51. The quantitative estimate of drug-likeness (QED) is 0.312. The third-order valence-electron chi connectivity index (χ3n) is 7.27. The van der Waals surface area contributed by atoms with Crippen molar-refractivity contribution in [2.75, 3.05) is 26.7 Å². The third kappa shape index (κ3) is 5.20. The van der Waals surface area contributed by atoms with Gasteiger partial charge in [0, 0.05) is 24.4 Å². The smallest absolute Gasteiger partial charge is 0.318 e. The number of aromatic nitrogens is 5. The number of piperidine rings is 3. The van der Waals surface area contributed by atoms with E-state index in [0.29, 0.717) is 51.9 Å². The number of pyridine rings is 1. The van der Waals surface area contributed by atoms with Crippen LogP contribution in [0.3, 0.4) is 0 Å². The van der Waals surface area contributed by atoms with Crippen molar-refractivity contribution in [2.24, 2.45) is 5.92 Å². The Kier molecular flexibility index (Phi) is 7.19. The second-order valence-corrected chi connectivity index (χ2v) is 9.74. The third-order valence-corrected chi connectivity index (χ3v) is 7.27. The molecule has 8 nitrogen and oxygen atoms in total. The SMILES string of the molecule is CC/C(Cn1c(-c2cncc(F)c2)nc2c(C)nc(OC)nc21)=C(F)\C=C(/C)O[C@H]1CN2CCC1CC2. The van der Waals surface area contributed by atoms with Gasteiger partial charge in [0.25, 0.3) is 0 Å². The van der Waals surface area contributed by atoms with Crippen molar-refractivity contribution in [3.05, 3.63) is 53.2 Å². The molecule has 0 N–H and O–H groups in total. The fraction of sp³-hybridized carbons (Fsp3) is 0.481. The lowest BCUT2D eigenvalue weighted by molar-refractivity contribution is -0.0412. The Morgan fingerprint density at radius 1 is 1.19 bits per heavy atom. The van der Waals surface area contributed by atoms with Crippen LogP contribution in [-0.2, 0) is 11.3 Å². The Labute approximate surface area is 215 Å². The van der Waals surface area contributed by atoms with Gasteiger partial charge in [-0.15, -0.1) is 0 Å². The van der Waals surface area contributed by atoms with Gasteiger partial charge in [-0.2, -0.15) is 9.97 Å². The van der Waals surface area contributed by atoms with Crippen LogP contribution in [0.5, 0.6) is 6.01 Å². The standard InChI is InChI=1S/C27H32F2N6O2/c1-5-18(22(29)10-16(2)37-23-15-34-8-6-19(23)7-9-34)14-35-25(20-11-21(28)13-30-12-20)32-24-17(3)31-27(36-4)33-26(24)35/h10-13,19,23H,5-9,14-15H2,1-4H3/b16-10+,22-18-/t23-/m0/s1. The normalized spacial score (nSPS) is 22.3. The van der Waals surface area contributed by atoms with Gasteiger partial charge in [-0.05, 0) is 63.8 Å². The number of rotatable bonds is 8. The summed E-state index contributed by atoms with van der Waals surface area (Å²) in [5.74, 6) is 0.674. The van der Waals surface area contributed by atoms with Crippen molar-refractivity contribution >= 4 is 11.2 Å². The zero-order valence-corrected chi connectivity index (χ0v) is 21.7. The predicted octanol–water partition coefficient (Wildman–Crippen LogP) is 4.99. The largest absolute Gasteiger partial charge is 0.493 e. The molecule has 37 heavy (non-hydrogen) atoms. The minimum absolute atomic E-state index is 0.105. The van der Waals surface area contributed by atoms with Crippen LogP contribution in [-0.4, -0.2) is 62.3 Å². The maximum atomic E-state index is 15.6. The molecule has 3 aliphatic heterocycles. The maximum absolute atomic E-state index is 15.6. The van der Waals surface area contributed by atoms with Gasteiger partial charge in [0.15, 0.2) is 5.65 Å². The summed E-state index contributed by atoms with van der Waals surface area (Å²) in [5, 5.41) is 0. The molecule has 0 radical (unpaired) electrons. The molecule has 10 heteroatoms. The molecule has 0 amide bonds. The number of allylic oxidation sites excluding steroid dienone is 4. The highest BCUT2D eigenvalue weighted by Gasteiger charge is 2.35. The topological polar surface area (TPSA) is 78.2 Å². The van der Waals surface area contributed by atoms with Crippen molar-refractivity contribution < 1.29 is 18.3 Å². The number of methoxy groups -OCH3 is 1. The fourth-order valence-electron chi connectivity index (χ4n) is 5.25. The van der Waals surface area contributed by atoms with Gasteiger partial charge in [-0.1, -0.05) is 6.92 Å². The van der Waals surface area contributed by atoms with E-state index in [-0.39, 0.29) is 24.5 Å². The van der Waals surface area contributed by atoms with Crippen LogP contribution in [0.1, 0.15) is 38.8 Å². The van der Waals surface area contributed by atoms with Crippen LogP contribution in [0, 0.1) is 18.7 Å². The number of ether oxygens (including phenoxy) is 2. The Bertz CT molecular complexity index is 1360. The lowest BCUT2D eigenvalue weighted by atomic mass is 9.86. The average molecular weight is 511 g/mol. The number of halogens is 2. The molecule has 0 aliphatic carbocycles. The van der Waals surface area contributed by atoms with E-state index < -0.39 is 5.82 Å². The van der Waals surface area contributed by atoms with Gasteiger partial charge >= 0.3 is 6.01 Å². The molecular formula is C27H32F2N6O2. The average Bonchev–Trinajstić information content (AvgIpc) is 3.26. The number of hydrogen-bond acceptors (Lipinski definition) is 7. The molecule has 0 unspecified atom stereocenters. The first kappa shape index (κ1) is 25.3. The molecule has 196 valence electrons. The first-order chi connectivity index (χ1) is 17.9. The number of imidazole rings is 1. The van der Waals surface area contributed by atoms with Gasteiger partial charge in [0.1, 0.15) is 29.1 Å². The molecule has 6 heterocycles. The lowest BCUT2D eigenvalue weighted by Gasteiger charge is -2.44. The highest BCUT2D eigenvalue weighted by atomic mass is 19.1. The van der Waals surface area contributed by atoms with Crippen molar-refractivity contribution in [3.8, 4) is 17.4 Å². The van der Waals surface area contributed by atoms with Crippen LogP contribution in [0.2, 0.25) is 0 Å². The van der Waals surface area contributed by atoms with E-state index in [4.69, 9.17) is 14.5 Å². The van der Waals surface area contributed by atoms with Crippen molar-refractivity contribution in [2.45, 2.75) is 52.7 Å². The monoisotopic (exact) mass is 510 g/mol. The Morgan fingerprint density at radius 2 is 1.97 bits per heavy atom. The predicted molar refractivity (Wildman–Crippen MR) is 136 cm³/mol. The molecule has 3 aliphatic rings. The van der Waals surface area contributed by atoms with Crippen LogP contribution in [0.15, 0.2) is 41.7 Å². The molecule has 0 spiro atoms. The zero-order chi connectivity index (χ0) is 26.1. The van der Waals surface area contributed by atoms with Crippen LogP contribution >= 0.6 is 0 Å². The molecule has 1 atom stereocenters. The lowest BCUT2D eigenvalue weighted by Crippen LogP contribution is -2.51. The van der Waals surface area contributed by atoms with Crippen LogP contribution < -0.4 is 4.74 Å². The van der Waals surface area contributed by atoms with E-state index in [1.807, 2.05) is 13.8 Å². The molecule has 3 aromatic heterocycles. The van der Waals surface area contributed by atoms with E-state index >= 15 is 4.39 Å². The molecule has 3 aromatic rings. The molecule has 0 saturated carbocycles. The van der Waals surface area contributed by atoms with E-state index in [1.54, 1.807) is 11.5 Å². The van der Waals surface area contributed by atoms with Gasteiger partial charge in [0.05, 0.1) is 31.3 Å². The zero-order valence-electron chi connectivity index (χ0n) is 21.7. The summed E-state index contributed by atoms with van der Waals surface area (Å²) in [7, 11) is 1.48. The molecule has 3 saturated heterocycles. The second-order valence-electron chi connectivity index (χ2n) is 9.74. The molecule has 0 aromatic carbocycles. The summed E-state index contributed by atoms with van der Waals surface area (Å²) < 4.78 is 42.9. The molecule has 6 rings (SSSR count). The molecular weight excluding hydrogens is 478 g/mol. The summed E-state index contributed by atoms with van der Waals surface area (Å²) >= 11 is 0. The molecule has 3 fully saturated rings. The van der Waals surface area contributed by atoms with E-state index in [9.17, 15) is 4.39 Å². The number of nitrogens with zero attached hydrogens (tertiary/aromatic N) is 6. The van der Waals surface area contributed by atoms with E-state index in [2.05, 4.69) is 19.9 Å². The number of hydrogen-bond donors (Lipinski definition) is 0. The van der Waals surface area contributed by atoms with Crippen molar-refractivity contribution in [3.63, 3.8) is 0 Å². The van der Waals surface area contributed by atoms with Gasteiger partial charge in [-0.3, -0.25) is 9.88 Å². The fourth-order valence-corrected chi connectivity index (χ4v) is 5.25. The van der Waals surface area contributed by atoms with Crippen molar-refractivity contribution in [1.29, 1.82) is 0 Å². The summed E-state index contributed by atoms with van der Waals surface area (Å²) in [4.78, 5) is 19.9. The van der Waals surface area contributed by atoms with Crippen LogP contribution in [0.25, 0.3) is 22.6 Å².